The van der Waals surface area contributed by atoms with E-state index in [2.05, 4.69) is 28.0 Å². The summed E-state index contributed by atoms with van der Waals surface area (Å²) in [6.45, 7) is 3.15. The lowest BCUT2D eigenvalue weighted by molar-refractivity contribution is 0.659. The van der Waals surface area contributed by atoms with Gasteiger partial charge in [0, 0.05) is 12.7 Å². The minimum atomic E-state index is 0.763. The Morgan fingerprint density at radius 3 is 3.00 bits per heavy atom. The number of anilines is 1. The standard InChI is InChI=1S/C9H16N4/c1-2-3-4-7-10-12-9-6-5-8-11-13-9/h5-6,8,10H,2-4,7H2,1H3,(H,12,13). The SMILES string of the molecule is CCCCCNNc1cccnn1. The molecule has 0 aliphatic heterocycles. The summed E-state index contributed by atoms with van der Waals surface area (Å²) in [5, 5.41) is 7.62. The molecule has 0 radical (unpaired) electrons. The second-order valence-corrected chi connectivity index (χ2v) is 2.87. The summed E-state index contributed by atoms with van der Waals surface area (Å²) >= 11 is 0. The summed E-state index contributed by atoms with van der Waals surface area (Å²) < 4.78 is 0. The van der Waals surface area contributed by atoms with Crippen LogP contribution in [-0.4, -0.2) is 16.7 Å². The molecule has 0 amide bonds. The van der Waals surface area contributed by atoms with Gasteiger partial charge in [-0.05, 0) is 18.6 Å². The lowest BCUT2D eigenvalue weighted by Crippen LogP contribution is -2.23. The molecule has 1 aromatic heterocycles. The lowest BCUT2D eigenvalue weighted by atomic mass is 10.2. The van der Waals surface area contributed by atoms with Gasteiger partial charge in [0.15, 0.2) is 5.82 Å². The van der Waals surface area contributed by atoms with Gasteiger partial charge in [0.25, 0.3) is 0 Å². The van der Waals surface area contributed by atoms with Crippen LogP contribution in [0.1, 0.15) is 26.2 Å². The van der Waals surface area contributed by atoms with Gasteiger partial charge < -0.3 is 5.43 Å². The number of rotatable bonds is 6. The van der Waals surface area contributed by atoms with E-state index in [1.165, 1.54) is 19.3 Å². The normalized spacial score (nSPS) is 9.92. The molecule has 1 rings (SSSR count). The molecule has 0 bridgehead atoms. The molecular formula is C9H16N4. The average molecular weight is 180 g/mol. The Kier molecular flexibility index (Phi) is 4.86. The zero-order chi connectivity index (χ0) is 9.36. The quantitative estimate of drug-likeness (QED) is 0.515. The highest BCUT2D eigenvalue weighted by Crippen LogP contribution is 1.95. The number of hydrogen-bond donors (Lipinski definition) is 2. The zero-order valence-electron chi connectivity index (χ0n) is 7.95. The fraction of sp³-hybridized carbons (Fsp3) is 0.556. The Morgan fingerprint density at radius 2 is 2.31 bits per heavy atom. The van der Waals surface area contributed by atoms with Gasteiger partial charge in [0.2, 0.25) is 0 Å². The first-order valence-electron chi connectivity index (χ1n) is 4.70. The minimum absolute atomic E-state index is 0.763. The van der Waals surface area contributed by atoms with Crippen molar-refractivity contribution in [2.24, 2.45) is 0 Å². The van der Waals surface area contributed by atoms with Crippen LogP contribution in [0.4, 0.5) is 5.82 Å². The third kappa shape index (κ3) is 4.42. The Balaban J connectivity index is 2.07. The van der Waals surface area contributed by atoms with E-state index >= 15 is 0 Å². The Labute approximate surface area is 78.7 Å². The van der Waals surface area contributed by atoms with E-state index in [4.69, 9.17) is 0 Å². The first-order valence-corrected chi connectivity index (χ1v) is 4.70. The monoisotopic (exact) mass is 180 g/mol. The topological polar surface area (TPSA) is 49.8 Å². The van der Waals surface area contributed by atoms with Crippen LogP contribution in [0.2, 0.25) is 0 Å². The number of unbranched alkanes of at least 4 members (excludes halogenated alkanes) is 2. The second-order valence-electron chi connectivity index (χ2n) is 2.87. The van der Waals surface area contributed by atoms with E-state index in [1.807, 2.05) is 12.1 Å². The maximum atomic E-state index is 3.87. The van der Waals surface area contributed by atoms with Gasteiger partial charge in [-0.2, -0.15) is 5.10 Å². The van der Waals surface area contributed by atoms with Gasteiger partial charge >= 0.3 is 0 Å². The molecule has 4 heteroatoms. The molecule has 0 fully saturated rings. The maximum absolute atomic E-state index is 3.87. The van der Waals surface area contributed by atoms with Gasteiger partial charge in [0.05, 0.1) is 0 Å². The van der Waals surface area contributed by atoms with E-state index < -0.39 is 0 Å². The number of hydrogen-bond acceptors (Lipinski definition) is 4. The van der Waals surface area contributed by atoms with E-state index in [0.29, 0.717) is 0 Å². The summed E-state index contributed by atoms with van der Waals surface area (Å²) in [5.74, 6) is 0.763. The Hall–Kier alpha value is -1.16. The van der Waals surface area contributed by atoms with Crippen LogP contribution in [0.5, 0.6) is 0 Å². The maximum Gasteiger partial charge on any atom is 0.162 e. The molecule has 0 aromatic carbocycles. The van der Waals surface area contributed by atoms with Gasteiger partial charge in [-0.25, -0.2) is 5.43 Å². The van der Waals surface area contributed by atoms with Crippen molar-refractivity contribution in [2.75, 3.05) is 12.0 Å². The number of nitrogens with zero attached hydrogens (tertiary/aromatic N) is 2. The fourth-order valence-electron chi connectivity index (χ4n) is 0.985. The van der Waals surface area contributed by atoms with E-state index in [1.54, 1.807) is 6.20 Å². The van der Waals surface area contributed by atoms with Crippen molar-refractivity contribution in [1.82, 2.24) is 15.6 Å². The van der Waals surface area contributed by atoms with Crippen molar-refractivity contribution in [2.45, 2.75) is 26.2 Å². The van der Waals surface area contributed by atoms with Gasteiger partial charge in [-0.1, -0.05) is 19.8 Å². The molecule has 0 spiro atoms. The molecule has 0 atom stereocenters. The number of hydrazine groups is 1. The third-order valence-electron chi connectivity index (χ3n) is 1.69. The fourth-order valence-corrected chi connectivity index (χ4v) is 0.985. The molecule has 1 heterocycles. The van der Waals surface area contributed by atoms with E-state index in [9.17, 15) is 0 Å². The second kappa shape index (κ2) is 6.37. The van der Waals surface area contributed by atoms with Crippen molar-refractivity contribution in [3.05, 3.63) is 18.3 Å². The van der Waals surface area contributed by atoms with Crippen molar-refractivity contribution in [1.29, 1.82) is 0 Å². The van der Waals surface area contributed by atoms with Gasteiger partial charge in [-0.15, -0.1) is 5.10 Å². The first-order chi connectivity index (χ1) is 6.43. The van der Waals surface area contributed by atoms with Crippen molar-refractivity contribution in [3.8, 4) is 0 Å². The number of aromatic nitrogens is 2. The van der Waals surface area contributed by atoms with E-state index in [-0.39, 0.29) is 0 Å². The molecule has 2 N–H and O–H groups in total. The summed E-state index contributed by atoms with van der Waals surface area (Å²) in [4.78, 5) is 0. The summed E-state index contributed by atoms with van der Waals surface area (Å²) in [5.41, 5.74) is 6.06. The van der Waals surface area contributed by atoms with E-state index in [0.717, 1.165) is 12.4 Å². The Bertz CT molecular complexity index is 212. The van der Waals surface area contributed by atoms with Crippen molar-refractivity contribution in [3.63, 3.8) is 0 Å². The lowest BCUT2D eigenvalue weighted by Gasteiger charge is -2.05. The van der Waals surface area contributed by atoms with Crippen LogP contribution in [0.15, 0.2) is 18.3 Å². The minimum Gasteiger partial charge on any atom is -0.304 e. The summed E-state index contributed by atoms with van der Waals surface area (Å²) in [6, 6.07) is 3.73. The van der Waals surface area contributed by atoms with Crippen LogP contribution >= 0.6 is 0 Å². The third-order valence-corrected chi connectivity index (χ3v) is 1.69. The summed E-state index contributed by atoms with van der Waals surface area (Å²) in [7, 11) is 0. The largest absolute Gasteiger partial charge is 0.304 e. The number of nitrogens with one attached hydrogen (secondary N) is 2. The van der Waals surface area contributed by atoms with Crippen molar-refractivity contribution < 1.29 is 0 Å². The molecule has 0 aliphatic rings. The van der Waals surface area contributed by atoms with Crippen LogP contribution in [0.25, 0.3) is 0 Å². The molecule has 0 saturated carbocycles. The molecule has 0 unspecified atom stereocenters. The summed E-state index contributed by atoms with van der Waals surface area (Å²) in [6.07, 6.45) is 5.34. The highest BCUT2D eigenvalue weighted by molar-refractivity contribution is 5.29. The smallest absolute Gasteiger partial charge is 0.162 e. The highest BCUT2D eigenvalue weighted by Gasteiger charge is 1.89. The zero-order valence-corrected chi connectivity index (χ0v) is 7.95. The van der Waals surface area contributed by atoms with Crippen molar-refractivity contribution >= 4 is 5.82 Å². The Morgan fingerprint density at radius 1 is 1.38 bits per heavy atom. The first kappa shape index (κ1) is 9.92. The molecule has 0 aliphatic carbocycles. The van der Waals surface area contributed by atoms with Crippen LogP contribution in [-0.2, 0) is 0 Å². The average Bonchev–Trinajstić information content (AvgIpc) is 2.19. The molecule has 1 aromatic rings. The predicted molar refractivity (Wildman–Crippen MR) is 53.2 cm³/mol. The van der Waals surface area contributed by atoms with Gasteiger partial charge in [-0.3, -0.25) is 0 Å². The molecule has 4 nitrogen and oxygen atoms in total. The molecular weight excluding hydrogens is 164 g/mol. The van der Waals surface area contributed by atoms with Gasteiger partial charge in [0.1, 0.15) is 0 Å². The van der Waals surface area contributed by atoms with Crippen LogP contribution in [0, 0.1) is 0 Å². The highest BCUT2D eigenvalue weighted by atomic mass is 15.4. The molecule has 0 saturated heterocycles. The molecule has 72 valence electrons. The van der Waals surface area contributed by atoms with Crippen LogP contribution in [0.3, 0.4) is 0 Å². The predicted octanol–water partition coefficient (Wildman–Crippen LogP) is 1.58. The molecule has 13 heavy (non-hydrogen) atoms. The van der Waals surface area contributed by atoms with Crippen LogP contribution < -0.4 is 10.9 Å².